The number of hydrogen-bond donors (Lipinski definition) is 1. The molecule has 1 aliphatic rings. The molecule has 1 N–H and O–H groups in total. The van der Waals surface area contributed by atoms with Gasteiger partial charge in [-0.15, -0.1) is 0 Å². The van der Waals surface area contributed by atoms with E-state index in [1.807, 2.05) is 0 Å². The summed E-state index contributed by atoms with van der Waals surface area (Å²) in [6.07, 6.45) is 3.16. The summed E-state index contributed by atoms with van der Waals surface area (Å²) >= 11 is 0. The van der Waals surface area contributed by atoms with Crippen molar-refractivity contribution in [3.05, 3.63) is 11.3 Å². The van der Waals surface area contributed by atoms with E-state index in [2.05, 4.69) is 43.3 Å². The van der Waals surface area contributed by atoms with Crippen LogP contribution in [0.1, 0.15) is 47.0 Å². The van der Waals surface area contributed by atoms with Crippen LogP contribution >= 0.6 is 0 Å². The summed E-state index contributed by atoms with van der Waals surface area (Å²) in [4.78, 5) is 0. The smallest absolute Gasteiger partial charge is 0.0670 e. The second-order valence-electron chi connectivity index (χ2n) is 3.39. The van der Waals surface area contributed by atoms with E-state index < -0.39 is 0 Å². The molecule has 3 heteroatoms. The first-order chi connectivity index (χ1) is 6.78. The van der Waals surface area contributed by atoms with Gasteiger partial charge in [-0.2, -0.15) is 5.10 Å². The molecule has 14 heavy (non-hydrogen) atoms. The molecule has 80 valence electrons. The minimum absolute atomic E-state index is 0.965. The molecule has 0 unspecified atom stereocenters. The first-order valence-corrected chi connectivity index (χ1v) is 5.60. The molecule has 1 rings (SSSR count). The summed E-state index contributed by atoms with van der Waals surface area (Å²) in [5, 5.41) is 6.52. The van der Waals surface area contributed by atoms with Gasteiger partial charge in [0.05, 0.1) is 5.71 Å². The van der Waals surface area contributed by atoms with Crippen molar-refractivity contribution in [1.29, 1.82) is 0 Å². The van der Waals surface area contributed by atoms with Crippen LogP contribution < -0.4 is 5.53 Å². The molecule has 0 aromatic heterocycles. The van der Waals surface area contributed by atoms with Gasteiger partial charge in [0.2, 0.25) is 0 Å². The lowest BCUT2D eigenvalue weighted by atomic mass is 10.0. The van der Waals surface area contributed by atoms with Crippen molar-refractivity contribution in [3.8, 4) is 0 Å². The molecular weight excluding hydrogens is 174 g/mol. The largest absolute Gasteiger partial charge is 0.276 e. The summed E-state index contributed by atoms with van der Waals surface area (Å²) in [7, 11) is 0. The van der Waals surface area contributed by atoms with Crippen LogP contribution in [0.25, 0.3) is 0 Å². The molecule has 1 heterocycles. The molecule has 0 atom stereocenters. The van der Waals surface area contributed by atoms with Gasteiger partial charge in [0.15, 0.2) is 0 Å². The average Bonchev–Trinajstić information content (AvgIpc) is 2.26. The molecule has 1 aliphatic heterocycles. The molecule has 0 amide bonds. The lowest BCUT2D eigenvalue weighted by molar-refractivity contribution is 0.248. The first-order valence-electron chi connectivity index (χ1n) is 5.60. The van der Waals surface area contributed by atoms with Crippen LogP contribution in [0.3, 0.4) is 0 Å². The van der Waals surface area contributed by atoms with Gasteiger partial charge in [-0.25, -0.2) is 5.53 Å². The van der Waals surface area contributed by atoms with Gasteiger partial charge in [-0.05, 0) is 31.8 Å². The Morgan fingerprint density at radius 2 is 1.79 bits per heavy atom. The fourth-order valence-corrected chi connectivity index (χ4v) is 1.94. The third-order valence-corrected chi connectivity index (χ3v) is 2.67. The molecule has 0 spiro atoms. The van der Waals surface area contributed by atoms with Crippen molar-refractivity contribution in [2.75, 3.05) is 6.54 Å². The molecule has 0 bridgehead atoms. The minimum Gasteiger partial charge on any atom is -0.276 e. The lowest BCUT2D eigenvalue weighted by Crippen LogP contribution is -2.39. The van der Waals surface area contributed by atoms with E-state index in [-0.39, 0.29) is 0 Å². The highest BCUT2D eigenvalue weighted by Gasteiger charge is 2.18. The van der Waals surface area contributed by atoms with E-state index in [4.69, 9.17) is 0 Å². The van der Waals surface area contributed by atoms with E-state index in [0.29, 0.717) is 0 Å². The number of hydrazine groups is 1. The van der Waals surface area contributed by atoms with Crippen molar-refractivity contribution in [2.45, 2.75) is 47.0 Å². The highest BCUT2D eigenvalue weighted by Crippen LogP contribution is 2.21. The second kappa shape index (κ2) is 5.03. The standard InChI is InChI=1S/C11H21N3/c1-5-9-10(6-2)12-13-14(8-4)11(9)7-3/h13H,5-8H2,1-4H3. The molecule has 0 radical (unpaired) electrons. The SMILES string of the molecule is CCC1=NNN(CC)C(CC)=C1CC. The topological polar surface area (TPSA) is 27.6 Å². The highest BCUT2D eigenvalue weighted by atomic mass is 15.7. The van der Waals surface area contributed by atoms with Crippen molar-refractivity contribution >= 4 is 5.71 Å². The van der Waals surface area contributed by atoms with Crippen LogP contribution in [-0.4, -0.2) is 17.3 Å². The molecule has 0 aromatic rings. The third-order valence-electron chi connectivity index (χ3n) is 2.67. The zero-order valence-corrected chi connectivity index (χ0v) is 9.72. The maximum absolute atomic E-state index is 4.39. The summed E-state index contributed by atoms with van der Waals surface area (Å²) in [5.41, 5.74) is 7.15. The fourth-order valence-electron chi connectivity index (χ4n) is 1.94. The fraction of sp³-hybridized carbons (Fsp3) is 0.727. The Bertz CT molecular complexity index is 253. The Labute approximate surface area is 86.8 Å². The number of nitrogens with zero attached hydrogens (tertiary/aromatic N) is 2. The van der Waals surface area contributed by atoms with Gasteiger partial charge < -0.3 is 0 Å². The quantitative estimate of drug-likeness (QED) is 0.747. The molecule has 0 aromatic carbocycles. The van der Waals surface area contributed by atoms with E-state index >= 15 is 0 Å². The van der Waals surface area contributed by atoms with E-state index in [0.717, 1.165) is 25.8 Å². The Morgan fingerprint density at radius 3 is 2.21 bits per heavy atom. The second-order valence-corrected chi connectivity index (χ2v) is 3.39. The number of allylic oxidation sites excluding steroid dienone is 2. The van der Waals surface area contributed by atoms with E-state index in [1.54, 1.807) is 0 Å². The molecule has 0 aliphatic carbocycles. The van der Waals surface area contributed by atoms with Crippen molar-refractivity contribution in [2.24, 2.45) is 5.10 Å². The maximum atomic E-state index is 4.39. The summed E-state index contributed by atoms with van der Waals surface area (Å²) in [6.45, 7) is 9.67. The number of hydrogen-bond acceptors (Lipinski definition) is 3. The predicted molar refractivity (Wildman–Crippen MR) is 60.8 cm³/mol. The average molecular weight is 195 g/mol. The van der Waals surface area contributed by atoms with Gasteiger partial charge in [0.25, 0.3) is 0 Å². The number of hydrazone groups is 1. The van der Waals surface area contributed by atoms with Gasteiger partial charge in [-0.3, -0.25) is 5.01 Å². The molecular formula is C11H21N3. The summed E-state index contributed by atoms with van der Waals surface area (Å²) in [6, 6.07) is 0. The van der Waals surface area contributed by atoms with Crippen molar-refractivity contribution < 1.29 is 0 Å². The zero-order valence-electron chi connectivity index (χ0n) is 9.72. The van der Waals surface area contributed by atoms with Gasteiger partial charge >= 0.3 is 0 Å². The normalized spacial score (nSPS) is 16.9. The zero-order chi connectivity index (χ0) is 10.6. The minimum atomic E-state index is 0.965. The van der Waals surface area contributed by atoms with Gasteiger partial charge in [0.1, 0.15) is 0 Å². The van der Waals surface area contributed by atoms with Gasteiger partial charge in [0, 0.05) is 12.2 Å². The number of rotatable bonds is 4. The van der Waals surface area contributed by atoms with Crippen molar-refractivity contribution in [3.63, 3.8) is 0 Å². The Hall–Kier alpha value is -0.990. The molecule has 0 saturated carbocycles. The predicted octanol–water partition coefficient (Wildman–Crippen LogP) is 2.67. The highest BCUT2D eigenvalue weighted by molar-refractivity contribution is 6.00. The first kappa shape index (κ1) is 11.1. The Balaban J connectivity index is 3.00. The lowest BCUT2D eigenvalue weighted by Gasteiger charge is -2.31. The summed E-state index contributed by atoms with van der Waals surface area (Å²) < 4.78 is 0. The summed E-state index contributed by atoms with van der Waals surface area (Å²) in [5.74, 6) is 0. The van der Waals surface area contributed by atoms with E-state index in [9.17, 15) is 0 Å². The monoisotopic (exact) mass is 195 g/mol. The molecule has 0 saturated heterocycles. The number of nitrogens with one attached hydrogen (secondary N) is 1. The third kappa shape index (κ3) is 1.91. The van der Waals surface area contributed by atoms with Crippen LogP contribution in [0.4, 0.5) is 0 Å². The van der Waals surface area contributed by atoms with Crippen molar-refractivity contribution in [1.82, 2.24) is 10.5 Å². The Kier molecular flexibility index (Phi) is 3.98. The van der Waals surface area contributed by atoms with Crippen LogP contribution in [0.2, 0.25) is 0 Å². The van der Waals surface area contributed by atoms with Crippen LogP contribution in [0.15, 0.2) is 16.4 Å². The molecule has 3 nitrogen and oxygen atoms in total. The van der Waals surface area contributed by atoms with Crippen LogP contribution in [0.5, 0.6) is 0 Å². The van der Waals surface area contributed by atoms with E-state index in [1.165, 1.54) is 17.0 Å². The van der Waals surface area contributed by atoms with Crippen LogP contribution in [0, 0.1) is 0 Å². The Morgan fingerprint density at radius 1 is 1.07 bits per heavy atom. The molecule has 0 fully saturated rings. The maximum Gasteiger partial charge on any atom is 0.0670 e. The van der Waals surface area contributed by atoms with Gasteiger partial charge in [-0.1, -0.05) is 20.8 Å². The van der Waals surface area contributed by atoms with Crippen LogP contribution in [-0.2, 0) is 0 Å².